The molecule has 0 amide bonds. The van der Waals surface area contributed by atoms with Crippen LogP contribution in [0.3, 0.4) is 0 Å². The Morgan fingerprint density at radius 3 is 0.772 bits per heavy atom. The van der Waals surface area contributed by atoms with Crippen LogP contribution in [0.25, 0.3) is 0 Å². The normalized spacial score (nSPS) is 12.5. The van der Waals surface area contributed by atoms with Crippen LogP contribution >= 0.6 is 0 Å². The molecule has 0 radical (unpaired) electrons. The zero-order valence-electron chi connectivity index (χ0n) is 52.6. The number of unbranched alkanes of at least 4 members (excludes halogenated alkanes) is 40. The molecule has 0 N–H and O–H groups in total. The fraction of sp³-hybridized carbons (Fsp3) is 0.795. The second-order valence-electron chi connectivity index (χ2n) is 23.1. The van der Waals surface area contributed by atoms with E-state index in [0.717, 1.165) is 103 Å². The highest BCUT2D eigenvalue weighted by atomic mass is 16.6. The molecule has 0 fully saturated rings. The van der Waals surface area contributed by atoms with Crippen molar-refractivity contribution in [2.45, 2.75) is 361 Å². The largest absolute Gasteiger partial charge is 0.462 e. The van der Waals surface area contributed by atoms with Gasteiger partial charge in [-0.05, 0) is 89.9 Å². The minimum atomic E-state index is -0.779. The smallest absolute Gasteiger partial charge is 0.306 e. The predicted octanol–water partition coefficient (Wildman–Crippen LogP) is 23.7. The van der Waals surface area contributed by atoms with Gasteiger partial charge in [0.25, 0.3) is 0 Å². The van der Waals surface area contributed by atoms with Crippen LogP contribution in [0.15, 0.2) is 72.9 Å². The summed E-state index contributed by atoms with van der Waals surface area (Å²) in [5, 5.41) is 0. The summed E-state index contributed by atoms with van der Waals surface area (Å²) < 4.78 is 16.8. The van der Waals surface area contributed by atoms with Gasteiger partial charge in [0, 0.05) is 19.3 Å². The molecule has 0 rings (SSSR count). The molecule has 0 heterocycles. The molecule has 6 heteroatoms. The highest BCUT2D eigenvalue weighted by Gasteiger charge is 2.19. The van der Waals surface area contributed by atoms with E-state index in [0.29, 0.717) is 19.3 Å². The lowest BCUT2D eigenvalue weighted by atomic mass is 10.0. The molecular formula is C73H130O6. The molecule has 0 aromatic carbocycles. The Labute approximate surface area is 491 Å². The number of hydrogen-bond acceptors (Lipinski definition) is 6. The highest BCUT2D eigenvalue weighted by Crippen LogP contribution is 2.18. The third-order valence-corrected chi connectivity index (χ3v) is 15.2. The molecule has 0 bridgehead atoms. The number of allylic oxidation sites excluding steroid dienone is 12. The Balaban J connectivity index is 3.98. The van der Waals surface area contributed by atoms with Crippen molar-refractivity contribution in [1.82, 2.24) is 0 Å². The van der Waals surface area contributed by atoms with Gasteiger partial charge < -0.3 is 14.2 Å². The molecule has 0 aromatic heterocycles. The van der Waals surface area contributed by atoms with E-state index in [-0.39, 0.29) is 31.1 Å². The SMILES string of the molecule is CC/C=C\C/C=C\C/C=C\C/C=C\CCCCCCCCC(=O)OC(COC(=O)CCCCCCCCC)COC(=O)CCCCCCCCCCCCCCCCCCCCCCCCC/C=C\C/C=C\CCCCCCC. The highest BCUT2D eigenvalue weighted by molar-refractivity contribution is 5.71. The predicted molar refractivity (Wildman–Crippen MR) is 344 cm³/mol. The first-order valence-corrected chi connectivity index (χ1v) is 34.4. The Hall–Kier alpha value is -3.15. The number of carbonyl (C=O) groups is 3. The number of ether oxygens (including phenoxy) is 3. The van der Waals surface area contributed by atoms with E-state index in [2.05, 4.69) is 93.7 Å². The maximum Gasteiger partial charge on any atom is 0.306 e. The molecule has 0 aromatic rings. The number of rotatable bonds is 63. The van der Waals surface area contributed by atoms with Crippen molar-refractivity contribution in [1.29, 1.82) is 0 Å². The van der Waals surface area contributed by atoms with Crippen molar-refractivity contribution >= 4 is 17.9 Å². The van der Waals surface area contributed by atoms with Crippen LogP contribution in [0.2, 0.25) is 0 Å². The van der Waals surface area contributed by atoms with Gasteiger partial charge in [0.05, 0.1) is 0 Å². The van der Waals surface area contributed by atoms with Crippen molar-refractivity contribution < 1.29 is 28.6 Å². The monoisotopic (exact) mass is 1100 g/mol. The standard InChI is InChI=1S/C73H130O6/c1-4-7-10-13-16-18-20-22-24-26-28-29-30-31-32-33-34-35-36-37-38-39-40-41-42-43-45-46-48-50-52-54-57-60-63-66-72(75)78-69-70(68-77-71(74)65-62-59-56-15-12-9-6-3)79-73(76)67-64-61-58-55-53-51-49-47-44-27-25-23-21-19-17-14-11-8-5-2/h8,11,17,19-20,22-23,25-26,28,44,47,70H,4-7,9-10,12-16,18,21,24,27,29-43,45-46,48-69H2,1-3H3/b11-8-,19-17-,22-20-,25-23-,28-26-,47-44-. The van der Waals surface area contributed by atoms with Gasteiger partial charge in [-0.25, -0.2) is 0 Å². The summed E-state index contributed by atoms with van der Waals surface area (Å²) in [7, 11) is 0. The number of esters is 3. The number of carbonyl (C=O) groups excluding carboxylic acids is 3. The quantitative estimate of drug-likeness (QED) is 0.0261. The van der Waals surface area contributed by atoms with Crippen LogP contribution in [0.4, 0.5) is 0 Å². The van der Waals surface area contributed by atoms with Crippen LogP contribution in [0.5, 0.6) is 0 Å². The molecule has 458 valence electrons. The maximum atomic E-state index is 12.9. The lowest BCUT2D eigenvalue weighted by Crippen LogP contribution is -2.30. The zero-order chi connectivity index (χ0) is 57.1. The van der Waals surface area contributed by atoms with Crippen molar-refractivity contribution in [2.24, 2.45) is 0 Å². The minimum absolute atomic E-state index is 0.0773. The molecule has 1 atom stereocenters. The van der Waals surface area contributed by atoms with Crippen molar-refractivity contribution in [3.8, 4) is 0 Å². The lowest BCUT2D eigenvalue weighted by Gasteiger charge is -2.18. The van der Waals surface area contributed by atoms with Crippen molar-refractivity contribution in [3.63, 3.8) is 0 Å². The Morgan fingerprint density at radius 2 is 0.494 bits per heavy atom. The van der Waals surface area contributed by atoms with Gasteiger partial charge in [-0.1, -0.05) is 318 Å². The molecule has 79 heavy (non-hydrogen) atoms. The molecule has 0 aliphatic carbocycles. The summed E-state index contributed by atoms with van der Waals surface area (Å²) in [4.78, 5) is 38.1. The van der Waals surface area contributed by atoms with Crippen LogP contribution < -0.4 is 0 Å². The zero-order valence-corrected chi connectivity index (χ0v) is 52.6. The van der Waals surface area contributed by atoms with Crippen LogP contribution in [0.1, 0.15) is 355 Å². The van der Waals surface area contributed by atoms with E-state index in [1.807, 2.05) is 0 Å². The molecule has 0 saturated heterocycles. The average Bonchev–Trinajstić information content (AvgIpc) is 3.45. The van der Waals surface area contributed by atoms with E-state index in [4.69, 9.17) is 14.2 Å². The number of hydrogen-bond donors (Lipinski definition) is 0. The lowest BCUT2D eigenvalue weighted by molar-refractivity contribution is -0.167. The third kappa shape index (κ3) is 65.5. The maximum absolute atomic E-state index is 12.9. The van der Waals surface area contributed by atoms with E-state index < -0.39 is 6.10 Å². The summed E-state index contributed by atoms with van der Waals surface area (Å²) in [6.45, 7) is 6.50. The first-order chi connectivity index (χ1) is 39.0. The minimum Gasteiger partial charge on any atom is -0.462 e. The molecule has 0 spiro atoms. The van der Waals surface area contributed by atoms with Crippen LogP contribution in [-0.4, -0.2) is 37.2 Å². The summed E-state index contributed by atoms with van der Waals surface area (Å²) in [6, 6.07) is 0. The van der Waals surface area contributed by atoms with Gasteiger partial charge in [-0.2, -0.15) is 0 Å². The average molecular weight is 1100 g/mol. The Kier molecular flexibility index (Phi) is 64.7. The fourth-order valence-corrected chi connectivity index (χ4v) is 10.1. The molecule has 0 aliphatic heterocycles. The Morgan fingerprint density at radius 1 is 0.266 bits per heavy atom. The third-order valence-electron chi connectivity index (χ3n) is 15.2. The van der Waals surface area contributed by atoms with E-state index in [1.54, 1.807) is 0 Å². The van der Waals surface area contributed by atoms with Gasteiger partial charge >= 0.3 is 17.9 Å². The van der Waals surface area contributed by atoms with E-state index in [9.17, 15) is 14.4 Å². The van der Waals surface area contributed by atoms with Gasteiger partial charge in [0.1, 0.15) is 13.2 Å². The van der Waals surface area contributed by atoms with Crippen molar-refractivity contribution in [2.75, 3.05) is 13.2 Å². The van der Waals surface area contributed by atoms with Gasteiger partial charge in [-0.15, -0.1) is 0 Å². The Bertz CT molecular complexity index is 1450. The first kappa shape index (κ1) is 75.8. The topological polar surface area (TPSA) is 78.9 Å². The molecule has 0 aliphatic rings. The molecule has 1 unspecified atom stereocenters. The molecule has 6 nitrogen and oxygen atoms in total. The van der Waals surface area contributed by atoms with E-state index >= 15 is 0 Å². The van der Waals surface area contributed by atoms with Crippen LogP contribution in [0, 0.1) is 0 Å². The first-order valence-electron chi connectivity index (χ1n) is 34.4. The summed E-state index contributed by atoms with van der Waals surface area (Å²) in [5.74, 6) is -0.882. The summed E-state index contributed by atoms with van der Waals surface area (Å²) in [5.41, 5.74) is 0. The van der Waals surface area contributed by atoms with Gasteiger partial charge in [-0.3, -0.25) is 14.4 Å². The van der Waals surface area contributed by atoms with E-state index in [1.165, 1.54) is 212 Å². The second-order valence-corrected chi connectivity index (χ2v) is 23.1. The second kappa shape index (κ2) is 67.4. The molecular weight excluding hydrogens is 973 g/mol. The van der Waals surface area contributed by atoms with Gasteiger partial charge in [0.2, 0.25) is 0 Å². The summed E-state index contributed by atoms with van der Waals surface area (Å²) in [6.07, 6.45) is 88.3. The van der Waals surface area contributed by atoms with Crippen molar-refractivity contribution in [3.05, 3.63) is 72.9 Å². The fourth-order valence-electron chi connectivity index (χ4n) is 10.1. The summed E-state index contributed by atoms with van der Waals surface area (Å²) >= 11 is 0. The molecule has 0 saturated carbocycles. The van der Waals surface area contributed by atoms with Crippen LogP contribution in [-0.2, 0) is 28.6 Å². The van der Waals surface area contributed by atoms with Gasteiger partial charge in [0.15, 0.2) is 6.10 Å².